The second kappa shape index (κ2) is 6.00. The molecule has 0 bridgehead atoms. The molecule has 1 fully saturated rings. The Morgan fingerprint density at radius 1 is 1.42 bits per heavy atom. The summed E-state index contributed by atoms with van der Waals surface area (Å²) in [5.74, 6) is 0. The number of sulfonamides is 1. The molecule has 4 N–H and O–H groups in total. The Labute approximate surface area is 113 Å². The largest absolute Gasteiger partial charge is 0.325 e. The number of aryl methyl sites for hydroxylation is 1. The summed E-state index contributed by atoms with van der Waals surface area (Å²) in [6, 6.07) is 0. The SMILES string of the molecule is Cc1[nH]nc(CN)c1S(=O)(=O)NCCN1CCCC1. The number of H-pyrrole nitrogens is 1. The van der Waals surface area contributed by atoms with Gasteiger partial charge in [-0.05, 0) is 32.9 Å². The van der Waals surface area contributed by atoms with E-state index in [-0.39, 0.29) is 11.4 Å². The van der Waals surface area contributed by atoms with Gasteiger partial charge in [0, 0.05) is 19.6 Å². The Morgan fingerprint density at radius 2 is 2.11 bits per heavy atom. The van der Waals surface area contributed by atoms with Crippen LogP contribution in [0.15, 0.2) is 4.90 Å². The molecule has 0 unspecified atom stereocenters. The molecule has 0 saturated carbocycles. The van der Waals surface area contributed by atoms with Crippen LogP contribution < -0.4 is 10.5 Å². The third-order valence-electron chi connectivity index (χ3n) is 3.34. The first kappa shape index (κ1) is 14.4. The van der Waals surface area contributed by atoms with Gasteiger partial charge >= 0.3 is 0 Å². The number of likely N-dealkylation sites (tertiary alicyclic amines) is 1. The normalized spacial score (nSPS) is 17.2. The fourth-order valence-corrected chi connectivity index (χ4v) is 3.77. The van der Waals surface area contributed by atoms with E-state index in [0.29, 0.717) is 17.9 Å². The van der Waals surface area contributed by atoms with Crippen molar-refractivity contribution in [1.29, 1.82) is 0 Å². The van der Waals surface area contributed by atoms with Crippen LogP contribution in [0.25, 0.3) is 0 Å². The van der Waals surface area contributed by atoms with E-state index in [4.69, 9.17) is 5.73 Å². The molecule has 8 heteroatoms. The van der Waals surface area contributed by atoms with Gasteiger partial charge < -0.3 is 10.6 Å². The molecule has 0 aliphatic carbocycles. The van der Waals surface area contributed by atoms with Crippen molar-refractivity contribution >= 4 is 10.0 Å². The van der Waals surface area contributed by atoms with Gasteiger partial charge in [-0.1, -0.05) is 0 Å². The third-order valence-corrected chi connectivity index (χ3v) is 5.01. The Hall–Kier alpha value is -0.960. The fourth-order valence-electron chi connectivity index (χ4n) is 2.38. The van der Waals surface area contributed by atoms with Crippen LogP contribution in [-0.4, -0.2) is 49.7 Å². The summed E-state index contributed by atoms with van der Waals surface area (Å²) >= 11 is 0. The minimum Gasteiger partial charge on any atom is -0.325 e. The minimum atomic E-state index is -3.53. The van der Waals surface area contributed by atoms with Gasteiger partial charge in [-0.2, -0.15) is 5.10 Å². The molecule has 2 heterocycles. The fraction of sp³-hybridized carbons (Fsp3) is 0.727. The number of rotatable bonds is 6. The van der Waals surface area contributed by atoms with Gasteiger partial charge in [0.2, 0.25) is 10.0 Å². The summed E-state index contributed by atoms with van der Waals surface area (Å²) in [4.78, 5) is 2.45. The Morgan fingerprint density at radius 3 is 2.74 bits per heavy atom. The van der Waals surface area contributed by atoms with Gasteiger partial charge in [0.25, 0.3) is 0 Å². The number of nitrogens with one attached hydrogen (secondary N) is 2. The molecule has 108 valence electrons. The minimum absolute atomic E-state index is 0.104. The molecule has 7 nitrogen and oxygen atoms in total. The predicted molar refractivity (Wildman–Crippen MR) is 72.1 cm³/mol. The lowest BCUT2D eigenvalue weighted by Gasteiger charge is -2.15. The van der Waals surface area contributed by atoms with Crippen LogP contribution in [0, 0.1) is 6.92 Å². The van der Waals surface area contributed by atoms with Crippen LogP contribution in [0.4, 0.5) is 0 Å². The highest BCUT2D eigenvalue weighted by molar-refractivity contribution is 7.89. The predicted octanol–water partition coefficient (Wildman–Crippen LogP) is -0.449. The number of nitrogens with two attached hydrogens (primary N) is 1. The first-order chi connectivity index (χ1) is 9.04. The highest BCUT2D eigenvalue weighted by Crippen LogP contribution is 2.16. The molecule has 0 radical (unpaired) electrons. The summed E-state index contributed by atoms with van der Waals surface area (Å²) in [6.45, 7) is 5.06. The van der Waals surface area contributed by atoms with Crippen LogP contribution >= 0.6 is 0 Å². The van der Waals surface area contributed by atoms with Crippen molar-refractivity contribution in [2.75, 3.05) is 26.2 Å². The lowest BCUT2D eigenvalue weighted by molar-refractivity contribution is 0.344. The lowest BCUT2D eigenvalue weighted by atomic mass is 10.4. The molecule has 0 spiro atoms. The topological polar surface area (TPSA) is 104 Å². The first-order valence-electron chi connectivity index (χ1n) is 6.50. The number of hydrogen-bond donors (Lipinski definition) is 3. The Balaban J connectivity index is 1.99. The molecule has 0 amide bonds. The summed E-state index contributed by atoms with van der Waals surface area (Å²) < 4.78 is 27.1. The number of aromatic nitrogens is 2. The Bertz CT molecular complexity index is 519. The van der Waals surface area contributed by atoms with Crippen LogP contribution in [0.2, 0.25) is 0 Å². The monoisotopic (exact) mass is 287 g/mol. The number of aromatic amines is 1. The molecule has 1 saturated heterocycles. The average Bonchev–Trinajstić information content (AvgIpc) is 2.98. The second-order valence-corrected chi connectivity index (χ2v) is 6.48. The van der Waals surface area contributed by atoms with Crippen molar-refractivity contribution in [2.24, 2.45) is 5.73 Å². The van der Waals surface area contributed by atoms with Crippen LogP contribution in [0.3, 0.4) is 0 Å². The smallest absolute Gasteiger partial charge is 0.244 e. The van der Waals surface area contributed by atoms with Crippen molar-refractivity contribution < 1.29 is 8.42 Å². The lowest BCUT2D eigenvalue weighted by Crippen LogP contribution is -2.34. The third kappa shape index (κ3) is 3.33. The zero-order chi connectivity index (χ0) is 13.9. The van der Waals surface area contributed by atoms with Crippen molar-refractivity contribution in [1.82, 2.24) is 19.8 Å². The molecular weight excluding hydrogens is 266 g/mol. The van der Waals surface area contributed by atoms with Gasteiger partial charge in [0.05, 0.1) is 11.4 Å². The standard InChI is InChI=1S/C11H21N5O2S/c1-9-11(10(8-12)15-14-9)19(17,18)13-4-7-16-5-2-3-6-16/h13H,2-8,12H2,1H3,(H,14,15). The van der Waals surface area contributed by atoms with Gasteiger partial charge in [-0.15, -0.1) is 0 Å². The highest BCUT2D eigenvalue weighted by Gasteiger charge is 2.23. The van der Waals surface area contributed by atoms with E-state index in [1.165, 1.54) is 12.8 Å². The molecule has 0 atom stereocenters. The molecule has 2 rings (SSSR count). The first-order valence-corrected chi connectivity index (χ1v) is 7.99. The summed E-state index contributed by atoms with van der Waals surface area (Å²) in [7, 11) is -3.53. The maximum absolute atomic E-state index is 12.2. The summed E-state index contributed by atoms with van der Waals surface area (Å²) in [5.41, 5.74) is 6.41. The second-order valence-electron chi connectivity index (χ2n) is 4.78. The van der Waals surface area contributed by atoms with E-state index in [9.17, 15) is 8.42 Å². The van der Waals surface area contributed by atoms with E-state index in [1.807, 2.05) is 0 Å². The van der Waals surface area contributed by atoms with Gasteiger partial charge in [-0.3, -0.25) is 5.10 Å². The van der Waals surface area contributed by atoms with E-state index >= 15 is 0 Å². The molecule has 1 aliphatic heterocycles. The van der Waals surface area contributed by atoms with Crippen molar-refractivity contribution in [3.8, 4) is 0 Å². The molecule has 1 aliphatic rings. The highest BCUT2D eigenvalue weighted by atomic mass is 32.2. The van der Waals surface area contributed by atoms with Gasteiger partial charge in [0.1, 0.15) is 4.90 Å². The number of hydrogen-bond acceptors (Lipinski definition) is 5. The zero-order valence-electron chi connectivity index (χ0n) is 11.1. The number of nitrogens with zero attached hydrogens (tertiary/aromatic N) is 2. The zero-order valence-corrected chi connectivity index (χ0v) is 12.0. The van der Waals surface area contributed by atoms with Crippen LogP contribution in [-0.2, 0) is 16.6 Å². The maximum Gasteiger partial charge on any atom is 0.244 e. The molecule has 0 aromatic carbocycles. The molecule has 19 heavy (non-hydrogen) atoms. The van der Waals surface area contributed by atoms with Crippen LogP contribution in [0.1, 0.15) is 24.2 Å². The van der Waals surface area contributed by atoms with Gasteiger partial charge in [0.15, 0.2) is 0 Å². The van der Waals surface area contributed by atoms with Crippen molar-refractivity contribution in [3.05, 3.63) is 11.4 Å². The van der Waals surface area contributed by atoms with E-state index in [0.717, 1.165) is 19.6 Å². The maximum atomic E-state index is 12.2. The van der Waals surface area contributed by atoms with E-state index in [1.54, 1.807) is 6.92 Å². The van der Waals surface area contributed by atoms with E-state index < -0.39 is 10.0 Å². The molecule has 1 aromatic heterocycles. The van der Waals surface area contributed by atoms with Crippen LogP contribution in [0.5, 0.6) is 0 Å². The van der Waals surface area contributed by atoms with Crippen molar-refractivity contribution in [3.63, 3.8) is 0 Å². The van der Waals surface area contributed by atoms with Crippen molar-refractivity contribution in [2.45, 2.75) is 31.2 Å². The van der Waals surface area contributed by atoms with Gasteiger partial charge in [-0.25, -0.2) is 13.1 Å². The average molecular weight is 287 g/mol. The quantitative estimate of drug-likeness (QED) is 0.657. The molecular formula is C11H21N5O2S. The summed E-state index contributed by atoms with van der Waals surface area (Å²) in [5, 5.41) is 6.57. The summed E-state index contributed by atoms with van der Waals surface area (Å²) in [6.07, 6.45) is 2.40. The molecule has 1 aromatic rings. The Kier molecular flexibility index (Phi) is 4.56. The van der Waals surface area contributed by atoms with E-state index in [2.05, 4.69) is 19.8 Å².